The molecule has 5 heteroatoms. The molecule has 0 fully saturated rings. The largest absolute Gasteiger partial charge is 0.310 e. The first kappa shape index (κ1) is 11.7. The fraction of sp³-hybridized carbons (Fsp3) is 0.250. The van der Waals surface area contributed by atoms with Crippen molar-refractivity contribution in [2.75, 3.05) is 5.32 Å². The van der Waals surface area contributed by atoms with Gasteiger partial charge in [0, 0.05) is 16.8 Å². The van der Waals surface area contributed by atoms with E-state index in [0.717, 1.165) is 16.4 Å². The molecule has 2 rings (SSSR count). The summed E-state index contributed by atoms with van der Waals surface area (Å²) in [4.78, 5) is 20.2. The first-order chi connectivity index (χ1) is 8.13. The van der Waals surface area contributed by atoms with E-state index >= 15 is 0 Å². The number of hydrogen-bond donors (Lipinski definition) is 1. The molecule has 2 aromatic heterocycles. The number of anilines is 1. The van der Waals surface area contributed by atoms with Crippen molar-refractivity contribution < 1.29 is 4.79 Å². The average molecular weight is 247 g/mol. The van der Waals surface area contributed by atoms with E-state index in [0.29, 0.717) is 12.2 Å². The maximum absolute atomic E-state index is 11.7. The molecule has 0 aromatic carbocycles. The molecule has 2 aromatic rings. The molecule has 0 atom stereocenters. The van der Waals surface area contributed by atoms with Gasteiger partial charge in [-0.3, -0.25) is 4.79 Å². The molecule has 0 saturated carbocycles. The SMILES string of the molecule is Cc1cccc(NC(=O)Cc2nc(C)cs2)n1. The van der Waals surface area contributed by atoms with Crippen molar-refractivity contribution in [2.45, 2.75) is 20.3 Å². The van der Waals surface area contributed by atoms with Crippen LogP contribution >= 0.6 is 11.3 Å². The van der Waals surface area contributed by atoms with E-state index < -0.39 is 0 Å². The van der Waals surface area contributed by atoms with Gasteiger partial charge in [0.2, 0.25) is 5.91 Å². The molecule has 1 N–H and O–H groups in total. The van der Waals surface area contributed by atoms with Gasteiger partial charge in [-0.1, -0.05) is 6.07 Å². The molecule has 17 heavy (non-hydrogen) atoms. The highest BCUT2D eigenvalue weighted by Gasteiger charge is 2.07. The van der Waals surface area contributed by atoms with Crippen molar-refractivity contribution in [1.29, 1.82) is 0 Å². The number of aromatic nitrogens is 2. The van der Waals surface area contributed by atoms with E-state index in [1.807, 2.05) is 31.4 Å². The summed E-state index contributed by atoms with van der Waals surface area (Å²) in [6.45, 7) is 3.81. The number of amides is 1. The predicted molar refractivity (Wildman–Crippen MR) is 68.2 cm³/mol. The first-order valence-corrected chi connectivity index (χ1v) is 6.16. The van der Waals surface area contributed by atoms with E-state index in [-0.39, 0.29) is 5.91 Å². The number of pyridine rings is 1. The third kappa shape index (κ3) is 3.35. The van der Waals surface area contributed by atoms with Crippen molar-refractivity contribution in [1.82, 2.24) is 9.97 Å². The Hall–Kier alpha value is -1.75. The number of rotatable bonds is 3. The van der Waals surface area contributed by atoms with Crippen LogP contribution in [0.4, 0.5) is 5.82 Å². The molecule has 0 spiro atoms. The molecule has 0 aliphatic carbocycles. The summed E-state index contributed by atoms with van der Waals surface area (Å²) in [6, 6.07) is 5.53. The number of aryl methyl sites for hydroxylation is 2. The molecule has 2 heterocycles. The second-order valence-corrected chi connectivity index (χ2v) is 4.71. The molecular weight excluding hydrogens is 234 g/mol. The molecule has 4 nitrogen and oxygen atoms in total. The van der Waals surface area contributed by atoms with Crippen LogP contribution in [0.5, 0.6) is 0 Å². The lowest BCUT2D eigenvalue weighted by Gasteiger charge is -2.03. The second-order valence-electron chi connectivity index (χ2n) is 3.77. The van der Waals surface area contributed by atoms with Crippen LogP contribution in [0.3, 0.4) is 0 Å². The predicted octanol–water partition coefficient (Wildman–Crippen LogP) is 2.34. The normalized spacial score (nSPS) is 10.2. The van der Waals surface area contributed by atoms with Crippen LogP contribution in [-0.4, -0.2) is 15.9 Å². The van der Waals surface area contributed by atoms with Gasteiger partial charge in [0.1, 0.15) is 10.8 Å². The monoisotopic (exact) mass is 247 g/mol. The number of nitrogens with zero attached hydrogens (tertiary/aromatic N) is 2. The maximum Gasteiger partial charge on any atom is 0.232 e. The Morgan fingerprint density at radius 3 is 2.76 bits per heavy atom. The first-order valence-electron chi connectivity index (χ1n) is 5.28. The standard InChI is InChI=1S/C12H13N3OS/c1-8-4-3-5-10(13-8)15-11(16)6-12-14-9(2)7-17-12/h3-5,7H,6H2,1-2H3,(H,13,15,16). The van der Waals surface area contributed by atoms with Crippen molar-refractivity contribution in [3.8, 4) is 0 Å². The van der Waals surface area contributed by atoms with E-state index in [9.17, 15) is 4.79 Å². The van der Waals surface area contributed by atoms with Gasteiger partial charge < -0.3 is 5.32 Å². The Kier molecular flexibility index (Phi) is 3.49. The molecule has 0 saturated heterocycles. The Morgan fingerprint density at radius 1 is 1.29 bits per heavy atom. The number of thiazole rings is 1. The smallest absolute Gasteiger partial charge is 0.232 e. The molecular formula is C12H13N3OS. The average Bonchev–Trinajstić information content (AvgIpc) is 2.63. The zero-order chi connectivity index (χ0) is 12.3. The summed E-state index contributed by atoms with van der Waals surface area (Å²) < 4.78 is 0. The van der Waals surface area contributed by atoms with Crippen LogP contribution in [0.15, 0.2) is 23.6 Å². The van der Waals surface area contributed by atoms with E-state index in [1.165, 1.54) is 11.3 Å². The highest BCUT2D eigenvalue weighted by atomic mass is 32.1. The number of nitrogens with one attached hydrogen (secondary N) is 1. The lowest BCUT2D eigenvalue weighted by atomic mass is 10.3. The molecule has 1 amide bonds. The van der Waals surface area contributed by atoms with Crippen molar-refractivity contribution in [2.24, 2.45) is 0 Å². The number of carbonyl (C=O) groups excluding carboxylic acids is 1. The number of carbonyl (C=O) groups is 1. The summed E-state index contributed by atoms with van der Waals surface area (Å²) in [5.41, 5.74) is 1.83. The van der Waals surface area contributed by atoms with Crippen molar-refractivity contribution in [3.05, 3.63) is 40.0 Å². The van der Waals surface area contributed by atoms with E-state index in [2.05, 4.69) is 15.3 Å². The Morgan fingerprint density at radius 2 is 2.12 bits per heavy atom. The summed E-state index contributed by atoms with van der Waals surface area (Å²) in [5, 5.41) is 5.52. The van der Waals surface area contributed by atoms with Gasteiger partial charge in [0.15, 0.2) is 0 Å². The Labute approximate surface area is 104 Å². The fourth-order valence-corrected chi connectivity index (χ4v) is 2.19. The van der Waals surface area contributed by atoms with Gasteiger partial charge in [-0.05, 0) is 26.0 Å². The van der Waals surface area contributed by atoms with Crippen LogP contribution in [0.1, 0.15) is 16.4 Å². The summed E-state index contributed by atoms with van der Waals surface area (Å²) >= 11 is 1.50. The van der Waals surface area contributed by atoms with Crippen LogP contribution in [-0.2, 0) is 11.2 Å². The van der Waals surface area contributed by atoms with Gasteiger partial charge in [0.25, 0.3) is 0 Å². The number of hydrogen-bond acceptors (Lipinski definition) is 4. The van der Waals surface area contributed by atoms with Crippen LogP contribution in [0, 0.1) is 13.8 Å². The van der Waals surface area contributed by atoms with Gasteiger partial charge in [0.05, 0.1) is 6.42 Å². The van der Waals surface area contributed by atoms with Crippen molar-refractivity contribution >= 4 is 23.1 Å². The lowest BCUT2D eigenvalue weighted by molar-refractivity contribution is -0.115. The Balaban J connectivity index is 1.98. The summed E-state index contributed by atoms with van der Waals surface area (Å²) in [7, 11) is 0. The minimum absolute atomic E-state index is 0.0857. The van der Waals surface area contributed by atoms with Gasteiger partial charge in [-0.25, -0.2) is 9.97 Å². The topological polar surface area (TPSA) is 54.9 Å². The quantitative estimate of drug-likeness (QED) is 0.905. The molecule has 0 aliphatic heterocycles. The van der Waals surface area contributed by atoms with Gasteiger partial charge in [-0.15, -0.1) is 11.3 Å². The highest BCUT2D eigenvalue weighted by molar-refractivity contribution is 7.09. The lowest BCUT2D eigenvalue weighted by Crippen LogP contribution is -2.15. The Bertz CT molecular complexity index is 536. The van der Waals surface area contributed by atoms with Crippen LogP contribution in [0.25, 0.3) is 0 Å². The third-order valence-electron chi connectivity index (χ3n) is 2.13. The molecule has 0 radical (unpaired) electrons. The zero-order valence-corrected chi connectivity index (χ0v) is 10.5. The maximum atomic E-state index is 11.7. The molecule has 0 unspecified atom stereocenters. The minimum Gasteiger partial charge on any atom is -0.310 e. The molecule has 88 valence electrons. The summed E-state index contributed by atoms with van der Waals surface area (Å²) in [6.07, 6.45) is 0.300. The van der Waals surface area contributed by atoms with Gasteiger partial charge >= 0.3 is 0 Å². The summed E-state index contributed by atoms with van der Waals surface area (Å²) in [5.74, 6) is 0.501. The van der Waals surface area contributed by atoms with E-state index in [1.54, 1.807) is 6.07 Å². The van der Waals surface area contributed by atoms with Crippen LogP contribution < -0.4 is 5.32 Å². The minimum atomic E-state index is -0.0857. The highest BCUT2D eigenvalue weighted by Crippen LogP contribution is 2.10. The van der Waals surface area contributed by atoms with Crippen molar-refractivity contribution in [3.63, 3.8) is 0 Å². The third-order valence-corrected chi connectivity index (χ3v) is 3.10. The molecule has 0 bridgehead atoms. The molecule has 0 aliphatic rings. The van der Waals surface area contributed by atoms with E-state index in [4.69, 9.17) is 0 Å². The van der Waals surface area contributed by atoms with Gasteiger partial charge in [-0.2, -0.15) is 0 Å². The van der Waals surface area contributed by atoms with Crippen LogP contribution in [0.2, 0.25) is 0 Å². The second kappa shape index (κ2) is 5.05. The zero-order valence-electron chi connectivity index (χ0n) is 9.73. The fourth-order valence-electron chi connectivity index (χ4n) is 1.42.